The number of rotatable bonds is 2. The molecule has 0 spiro atoms. The van der Waals surface area contributed by atoms with Crippen molar-refractivity contribution in [1.82, 2.24) is 0 Å². The smallest absolute Gasteiger partial charge is 0.337 e. The Hall–Kier alpha value is -1.55. The van der Waals surface area contributed by atoms with Gasteiger partial charge >= 0.3 is 5.97 Å². The van der Waals surface area contributed by atoms with Crippen LogP contribution in [-0.2, 0) is 0 Å². The molecule has 1 aliphatic heterocycles. The van der Waals surface area contributed by atoms with Crippen LogP contribution in [0.2, 0.25) is 0 Å². The Morgan fingerprint density at radius 2 is 2.06 bits per heavy atom. The van der Waals surface area contributed by atoms with Crippen molar-refractivity contribution >= 4 is 11.7 Å². The minimum Gasteiger partial charge on any atom is -0.478 e. The second-order valence-corrected chi connectivity index (χ2v) is 4.65. The fraction of sp³-hybridized carbons (Fsp3) is 0.462. The molecule has 0 amide bonds. The minimum absolute atomic E-state index is 0.255. The van der Waals surface area contributed by atoms with E-state index in [1.807, 2.05) is 19.1 Å². The predicted octanol–water partition coefficient (Wildman–Crippen LogP) is 1.62. The summed E-state index contributed by atoms with van der Waals surface area (Å²) in [6, 6.07) is 5.84. The van der Waals surface area contributed by atoms with Crippen LogP contribution in [0.3, 0.4) is 0 Å². The van der Waals surface area contributed by atoms with Gasteiger partial charge in [0.1, 0.15) is 0 Å². The second-order valence-electron chi connectivity index (χ2n) is 4.65. The molecule has 1 fully saturated rings. The predicted molar refractivity (Wildman–Crippen MR) is 67.6 cm³/mol. The molecule has 92 valence electrons. The van der Waals surface area contributed by atoms with Gasteiger partial charge in [0.25, 0.3) is 0 Å². The van der Waals surface area contributed by atoms with E-state index in [0.29, 0.717) is 5.56 Å². The third-order valence-corrected chi connectivity index (χ3v) is 3.26. The Morgan fingerprint density at radius 3 is 2.65 bits per heavy atom. The van der Waals surface area contributed by atoms with E-state index in [4.69, 9.17) is 5.73 Å². The summed E-state index contributed by atoms with van der Waals surface area (Å²) in [6.07, 6.45) is 1.85. The van der Waals surface area contributed by atoms with Gasteiger partial charge in [-0.05, 0) is 31.9 Å². The number of nitrogens with zero attached hydrogens (tertiary/aromatic N) is 1. The lowest BCUT2D eigenvalue weighted by Crippen LogP contribution is -2.40. The molecule has 1 heterocycles. The molecule has 4 heteroatoms. The summed E-state index contributed by atoms with van der Waals surface area (Å²) >= 11 is 0. The highest BCUT2D eigenvalue weighted by Gasteiger charge is 2.20. The highest BCUT2D eigenvalue weighted by Crippen LogP contribution is 2.25. The number of nitrogens with two attached hydrogens (primary N) is 1. The third-order valence-electron chi connectivity index (χ3n) is 3.26. The van der Waals surface area contributed by atoms with Gasteiger partial charge in [0, 0.05) is 19.1 Å². The third kappa shape index (κ3) is 2.58. The van der Waals surface area contributed by atoms with Gasteiger partial charge in [-0.1, -0.05) is 11.6 Å². The fourth-order valence-electron chi connectivity index (χ4n) is 2.24. The summed E-state index contributed by atoms with van der Waals surface area (Å²) in [5, 5.41) is 9.22. The topological polar surface area (TPSA) is 66.6 Å². The summed E-state index contributed by atoms with van der Waals surface area (Å²) < 4.78 is 0. The number of anilines is 1. The average Bonchev–Trinajstić information content (AvgIpc) is 2.30. The second kappa shape index (κ2) is 4.75. The quantitative estimate of drug-likeness (QED) is 0.816. The zero-order valence-electron chi connectivity index (χ0n) is 10.0. The molecule has 0 aliphatic carbocycles. The van der Waals surface area contributed by atoms with E-state index in [9.17, 15) is 9.90 Å². The fourth-order valence-corrected chi connectivity index (χ4v) is 2.24. The Balaban J connectivity index is 2.28. The van der Waals surface area contributed by atoms with Gasteiger partial charge in [0.05, 0.1) is 11.3 Å². The Labute approximate surface area is 101 Å². The van der Waals surface area contributed by atoms with Crippen molar-refractivity contribution in [3.63, 3.8) is 0 Å². The molecule has 0 unspecified atom stereocenters. The monoisotopic (exact) mass is 234 g/mol. The van der Waals surface area contributed by atoms with Gasteiger partial charge in [-0.2, -0.15) is 0 Å². The maximum atomic E-state index is 11.2. The highest BCUT2D eigenvalue weighted by atomic mass is 16.4. The summed E-state index contributed by atoms with van der Waals surface area (Å²) in [6.45, 7) is 3.58. The molecule has 1 saturated heterocycles. The van der Waals surface area contributed by atoms with E-state index < -0.39 is 5.97 Å². The van der Waals surface area contributed by atoms with Crippen molar-refractivity contribution in [3.8, 4) is 0 Å². The Kier molecular flexibility index (Phi) is 3.33. The van der Waals surface area contributed by atoms with Crippen molar-refractivity contribution in [2.24, 2.45) is 5.73 Å². The molecule has 1 aromatic rings. The Morgan fingerprint density at radius 1 is 1.41 bits per heavy atom. The number of benzene rings is 1. The summed E-state index contributed by atoms with van der Waals surface area (Å²) in [4.78, 5) is 13.3. The largest absolute Gasteiger partial charge is 0.478 e. The standard InChI is InChI=1S/C13H18N2O2/c1-9-2-3-12(11(8-9)13(16)17)15-6-4-10(14)5-7-15/h2-3,8,10H,4-7,14H2,1H3,(H,16,17). The lowest BCUT2D eigenvalue weighted by atomic mass is 10.0. The van der Waals surface area contributed by atoms with Crippen molar-refractivity contribution in [3.05, 3.63) is 29.3 Å². The van der Waals surface area contributed by atoms with E-state index in [1.165, 1.54) is 0 Å². The van der Waals surface area contributed by atoms with E-state index in [1.54, 1.807) is 6.07 Å². The molecule has 0 radical (unpaired) electrons. The van der Waals surface area contributed by atoms with Crippen molar-refractivity contribution < 1.29 is 9.90 Å². The van der Waals surface area contributed by atoms with E-state index in [0.717, 1.165) is 37.2 Å². The van der Waals surface area contributed by atoms with Gasteiger partial charge in [-0.15, -0.1) is 0 Å². The molecule has 1 aliphatic rings. The van der Waals surface area contributed by atoms with Crippen molar-refractivity contribution in [2.75, 3.05) is 18.0 Å². The number of aryl methyl sites for hydroxylation is 1. The van der Waals surface area contributed by atoms with Gasteiger partial charge in [0.15, 0.2) is 0 Å². The van der Waals surface area contributed by atoms with Crippen LogP contribution in [0.25, 0.3) is 0 Å². The van der Waals surface area contributed by atoms with Crippen LogP contribution >= 0.6 is 0 Å². The van der Waals surface area contributed by atoms with Crippen LogP contribution in [0.15, 0.2) is 18.2 Å². The van der Waals surface area contributed by atoms with Crippen LogP contribution in [0.1, 0.15) is 28.8 Å². The molecule has 2 rings (SSSR count). The molecule has 1 aromatic carbocycles. The van der Waals surface area contributed by atoms with Crippen molar-refractivity contribution in [2.45, 2.75) is 25.8 Å². The Bertz CT molecular complexity index is 423. The molecule has 3 N–H and O–H groups in total. The number of aromatic carboxylic acids is 1. The average molecular weight is 234 g/mol. The van der Waals surface area contributed by atoms with Crippen LogP contribution in [0.5, 0.6) is 0 Å². The molecule has 4 nitrogen and oxygen atoms in total. The van der Waals surface area contributed by atoms with Gasteiger partial charge < -0.3 is 15.7 Å². The molecule has 0 bridgehead atoms. The molecular weight excluding hydrogens is 216 g/mol. The normalized spacial score (nSPS) is 17.2. The number of hydrogen-bond donors (Lipinski definition) is 2. The summed E-state index contributed by atoms with van der Waals surface area (Å²) in [7, 11) is 0. The van der Waals surface area contributed by atoms with Crippen LogP contribution in [-0.4, -0.2) is 30.2 Å². The maximum absolute atomic E-state index is 11.2. The molecular formula is C13H18N2O2. The van der Waals surface area contributed by atoms with E-state index >= 15 is 0 Å². The number of carboxylic acids is 1. The number of carboxylic acid groups (broad SMARTS) is 1. The first-order valence-corrected chi connectivity index (χ1v) is 5.92. The van der Waals surface area contributed by atoms with Crippen LogP contribution in [0.4, 0.5) is 5.69 Å². The summed E-state index contributed by atoms with van der Waals surface area (Å²) in [5.41, 5.74) is 8.03. The lowest BCUT2D eigenvalue weighted by molar-refractivity contribution is 0.0697. The first kappa shape index (κ1) is 11.9. The maximum Gasteiger partial charge on any atom is 0.337 e. The first-order chi connectivity index (χ1) is 8.08. The first-order valence-electron chi connectivity index (χ1n) is 5.92. The van der Waals surface area contributed by atoms with Gasteiger partial charge in [0.2, 0.25) is 0 Å². The van der Waals surface area contributed by atoms with E-state index in [-0.39, 0.29) is 6.04 Å². The molecule has 0 atom stereocenters. The lowest BCUT2D eigenvalue weighted by Gasteiger charge is -2.32. The zero-order valence-corrected chi connectivity index (χ0v) is 10.0. The van der Waals surface area contributed by atoms with Gasteiger partial charge in [-0.25, -0.2) is 4.79 Å². The highest BCUT2D eigenvalue weighted by molar-refractivity contribution is 5.94. The molecule has 0 aromatic heterocycles. The van der Waals surface area contributed by atoms with E-state index in [2.05, 4.69) is 4.90 Å². The number of hydrogen-bond acceptors (Lipinski definition) is 3. The van der Waals surface area contributed by atoms with Crippen molar-refractivity contribution in [1.29, 1.82) is 0 Å². The van der Waals surface area contributed by atoms with Crippen LogP contribution in [0, 0.1) is 6.92 Å². The zero-order chi connectivity index (χ0) is 12.4. The molecule has 17 heavy (non-hydrogen) atoms. The SMILES string of the molecule is Cc1ccc(N2CCC(N)CC2)c(C(=O)O)c1. The van der Waals surface area contributed by atoms with Gasteiger partial charge in [-0.3, -0.25) is 0 Å². The number of carbonyl (C=O) groups is 1. The molecule has 0 saturated carbocycles. The van der Waals surface area contributed by atoms with Crippen LogP contribution < -0.4 is 10.6 Å². The summed E-state index contributed by atoms with van der Waals surface area (Å²) in [5.74, 6) is -0.862. The minimum atomic E-state index is -0.862. The number of piperidine rings is 1.